The molecule has 1 N–H and O–H groups in total. The highest BCUT2D eigenvalue weighted by Gasteiger charge is 2.22. The van der Waals surface area contributed by atoms with Crippen molar-refractivity contribution >= 4 is 29.2 Å². The Kier molecular flexibility index (Phi) is 6.54. The topological polar surface area (TPSA) is 49.8 Å². The van der Waals surface area contributed by atoms with Crippen molar-refractivity contribution in [3.63, 3.8) is 0 Å². The molecule has 3 rings (SSSR count). The van der Waals surface area contributed by atoms with Gasteiger partial charge in [-0.2, -0.15) is 0 Å². The van der Waals surface area contributed by atoms with Crippen LogP contribution >= 0.6 is 23.2 Å². The van der Waals surface area contributed by atoms with Gasteiger partial charge in [-0.3, -0.25) is 9.69 Å². The summed E-state index contributed by atoms with van der Waals surface area (Å²) >= 11 is 12.5. The first kappa shape index (κ1) is 19.2. The Labute approximate surface area is 163 Å². The van der Waals surface area contributed by atoms with E-state index in [0.29, 0.717) is 36.2 Å². The van der Waals surface area contributed by atoms with Crippen LogP contribution in [0.1, 0.15) is 29.2 Å². The number of halogens is 2. The highest BCUT2D eigenvalue weighted by atomic mass is 35.5. The lowest BCUT2D eigenvalue weighted by molar-refractivity contribution is -0.137. The molecule has 0 aliphatic carbocycles. The first-order chi connectivity index (χ1) is 12.5. The number of benzene rings is 2. The first-order valence-electron chi connectivity index (χ1n) is 8.60. The van der Waals surface area contributed by atoms with E-state index < -0.39 is 5.97 Å². The van der Waals surface area contributed by atoms with Crippen LogP contribution in [-0.4, -0.2) is 42.2 Å². The van der Waals surface area contributed by atoms with Gasteiger partial charge < -0.3 is 9.84 Å². The molecule has 1 aliphatic heterocycles. The quantitative estimate of drug-likeness (QED) is 0.788. The molecule has 1 atom stereocenters. The first-order valence-corrected chi connectivity index (χ1v) is 9.36. The molecule has 1 saturated heterocycles. The molecule has 1 aliphatic rings. The fourth-order valence-corrected chi connectivity index (χ4v) is 3.65. The normalized spacial score (nSPS) is 18.0. The third-order valence-electron chi connectivity index (χ3n) is 4.59. The number of hydrogen-bond acceptors (Lipinski definition) is 3. The SMILES string of the molecule is O=C(O)CCN1CCO[C@@H](c2ccc(Cc3c(Cl)cccc3Cl)cc2)C1. The molecule has 2 aromatic rings. The maximum Gasteiger partial charge on any atom is 0.304 e. The number of rotatable bonds is 6. The molecule has 4 nitrogen and oxygen atoms in total. The van der Waals surface area contributed by atoms with Crippen LogP contribution in [0, 0.1) is 0 Å². The summed E-state index contributed by atoms with van der Waals surface area (Å²) in [5.41, 5.74) is 3.15. The Morgan fingerprint density at radius 2 is 1.85 bits per heavy atom. The van der Waals surface area contributed by atoms with E-state index in [1.54, 1.807) is 0 Å². The number of hydrogen-bond donors (Lipinski definition) is 1. The third kappa shape index (κ3) is 4.98. The second-order valence-corrected chi connectivity index (χ2v) is 7.24. The maximum atomic E-state index is 10.8. The summed E-state index contributed by atoms with van der Waals surface area (Å²) in [5.74, 6) is -0.768. The smallest absolute Gasteiger partial charge is 0.304 e. The van der Waals surface area contributed by atoms with Crippen LogP contribution in [0.4, 0.5) is 0 Å². The van der Waals surface area contributed by atoms with Crippen LogP contribution in [0.3, 0.4) is 0 Å². The zero-order chi connectivity index (χ0) is 18.5. The van der Waals surface area contributed by atoms with Crippen molar-refractivity contribution < 1.29 is 14.6 Å². The number of aliphatic carboxylic acids is 1. The van der Waals surface area contributed by atoms with Crippen molar-refractivity contribution in [2.45, 2.75) is 18.9 Å². The highest BCUT2D eigenvalue weighted by molar-refractivity contribution is 6.36. The number of carboxylic acid groups (broad SMARTS) is 1. The van der Waals surface area contributed by atoms with Gasteiger partial charge in [0.1, 0.15) is 0 Å². The lowest BCUT2D eigenvalue weighted by Crippen LogP contribution is -2.39. The molecule has 0 aromatic heterocycles. The summed E-state index contributed by atoms with van der Waals surface area (Å²) in [5, 5.41) is 10.2. The van der Waals surface area contributed by atoms with E-state index in [1.807, 2.05) is 18.2 Å². The lowest BCUT2D eigenvalue weighted by atomic mass is 10.0. The standard InChI is InChI=1S/C20H21Cl2NO3/c21-17-2-1-3-18(22)16(17)12-14-4-6-15(7-5-14)19-13-23(10-11-26-19)9-8-20(24)25/h1-7,19H,8-13H2,(H,24,25)/t19-/m1/s1. The molecule has 0 unspecified atom stereocenters. The predicted molar refractivity (Wildman–Crippen MR) is 103 cm³/mol. The summed E-state index contributed by atoms with van der Waals surface area (Å²) in [7, 11) is 0. The van der Waals surface area contributed by atoms with Crippen LogP contribution in [0.15, 0.2) is 42.5 Å². The Morgan fingerprint density at radius 1 is 1.15 bits per heavy atom. The minimum absolute atomic E-state index is 0.0319. The second kappa shape index (κ2) is 8.87. The van der Waals surface area contributed by atoms with Crippen LogP contribution in [0.2, 0.25) is 10.0 Å². The summed E-state index contributed by atoms with van der Waals surface area (Å²) in [6.45, 7) is 2.65. The Hall–Kier alpha value is -1.59. The van der Waals surface area contributed by atoms with E-state index in [4.69, 9.17) is 33.0 Å². The number of morpholine rings is 1. The average molecular weight is 394 g/mol. The van der Waals surface area contributed by atoms with E-state index in [2.05, 4.69) is 29.2 Å². The molecule has 0 amide bonds. The fraction of sp³-hybridized carbons (Fsp3) is 0.350. The predicted octanol–water partition coefficient (Wildman–Crippen LogP) is 4.43. The van der Waals surface area contributed by atoms with Crippen molar-refractivity contribution in [1.82, 2.24) is 4.90 Å². The monoisotopic (exact) mass is 393 g/mol. The van der Waals surface area contributed by atoms with Crippen molar-refractivity contribution in [3.8, 4) is 0 Å². The van der Waals surface area contributed by atoms with Gasteiger partial charge in [-0.25, -0.2) is 0 Å². The van der Waals surface area contributed by atoms with E-state index in [9.17, 15) is 4.79 Å². The zero-order valence-electron chi connectivity index (χ0n) is 14.3. The van der Waals surface area contributed by atoms with Crippen molar-refractivity contribution in [1.29, 1.82) is 0 Å². The molecule has 2 aromatic carbocycles. The summed E-state index contributed by atoms with van der Waals surface area (Å²) < 4.78 is 5.87. The van der Waals surface area contributed by atoms with Crippen LogP contribution in [0.25, 0.3) is 0 Å². The number of carboxylic acids is 1. The Morgan fingerprint density at radius 3 is 2.50 bits per heavy atom. The molecule has 0 radical (unpaired) electrons. The minimum atomic E-state index is -0.768. The molecule has 26 heavy (non-hydrogen) atoms. The zero-order valence-corrected chi connectivity index (χ0v) is 15.8. The Bertz CT molecular complexity index is 744. The van der Waals surface area contributed by atoms with Crippen molar-refractivity contribution in [2.75, 3.05) is 26.2 Å². The lowest BCUT2D eigenvalue weighted by Gasteiger charge is -2.32. The van der Waals surface area contributed by atoms with E-state index in [0.717, 1.165) is 23.2 Å². The summed E-state index contributed by atoms with van der Waals surface area (Å²) in [6, 6.07) is 13.8. The van der Waals surface area contributed by atoms with E-state index >= 15 is 0 Å². The second-order valence-electron chi connectivity index (χ2n) is 6.42. The van der Waals surface area contributed by atoms with Gasteiger partial charge in [-0.15, -0.1) is 0 Å². The molecule has 1 heterocycles. The number of nitrogens with zero attached hydrogens (tertiary/aromatic N) is 1. The Balaban J connectivity index is 1.64. The summed E-state index contributed by atoms with van der Waals surface area (Å²) in [6.07, 6.45) is 0.801. The molecule has 1 fully saturated rings. The largest absolute Gasteiger partial charge is 0.481 e. The van der Waals surface area contributed by atoms with Crippen LogP contribution in [0.5, 0.6) is 0 Å². The van der Waals surface area contributed by atoms with Gasteiger partial charge in [0.05, 0.1) is 19.1 Å². The van der Waals surface area contributed by atoms with E-state index in [1.165, 1.54) is 0 Å². The fourth-order valence-electron chi connectivity index (χ4n) is 3.12. The molecule has 6 heteroatoms. The molecular formula is C20H21Cl2NO3. The number of carbonyl (C=O) groups is 1. The van der Waals surface area contributed by atoms with Gasteiger partial charge >= 0.3 is 5.97 Å². The van der Waals surface area contributed by atoms with Crippen LogP contribution in [-0.2, 0) is 16.0 Å². The molecule has 0 saturated carbocycles. The van der Waals surface area contributed by atoms with Gasteiger partial charge in [0, 0.05) is 36.1 Å². The van der Waals surface area contributed by atoms with Crippen molar-refractivity contribution in [2.24, 2.45) is 0 Å². The average Bonchev–Trinajstić information content (AvgIpc) is 2.64. The summed E-state index contributed by atoms with van der Waals surface area (Å²) in [4.78, 5) is 12.9. The number of ether oxygens (including phenoxy) is 1. The van der Waals surface area contributed by atoms with Gasteiger partial charge in [0.2, 0.25) is 0 Å². The van der Waals surface area contributed by atoms with Gasteiger partial charge in [0.25, 0.3) is 0 Å². The molecule has 0 bridgehead atoms. The van der Waals surface area contributed by atoms with Gasteiger partial charge in [-0.05, 0) is 28.8 Å². The van der Waals surface area contributed by atoms with Gasteiger partial charge in [-0.1, -0.05) is 53.5 Å². The third-order valence-corrected chi connectivity index (χ3v) is 5.29. The highest BCUT2D eigenvalue weighted by Crippen LogP contribution is 2.28. The molecule has 138 valence electrons. The van der Waals surface area contributed by atoms with Crippen molar-refractivity contribution in [3.05, 3.63) is 69.2 Å². The van der Waals surface area contributed by atoms with E-state index in [-0.39, 0.29) is 12.5 Å². The van der Waals surface area contributed by atoms with Gasteiger partial charge in [0.15, 0.2) is 0 Å². The minimum Gasteiger partial charge on any atom is -0.481 e. The molecular weight excluding hydrogens is 373 g/mol. The van der Waals surface area contributed by atoms with Crippen LogP contribution < -0.4 is 0 Å². The maximum absolute atomic E-state index is 10.8. The molecule has 0 spiro atoms.